The topological polar surface area (TPSA) is 56.8 Å². The molecule has 3 aliphatic rings. The highest BCUT2D eigenvalue weighted by atomic mass is 35.5. The Morgan fingerprint density at radius 1 is 0.857 bits per heavy atom. The van der Waals surface area contributed by atoms with Crippen LogP contribution in [-0.2, 0) is 0 Å². The zero-order valence-electron chi connectivity index (χ0n) is 20.6. The van der Waals surface area contributed by atoms with E-state index in [2.05, 4.69) is 4.90 Å². The Balaban J connectivity index is 1.24. The molecule has 0 radical (unpaired) electrons. The number of piperidine rings is 1. The molecule has 0 spiro atoms. The number of aromatic nitrogens is 1. The van der Waals surface area contributed by atoms with E-state index < -0.39 is 0 Å². The average molecular weight is 495 g/mol. The van der Waals surface area contributed by atoms with Crippen LogP contribution in [0.4, 0.5) is 0 Å². The molecule has 3 heterocycles. The first-order valence-corrected chi connectivity index (χ1v) is 13.4. The summed E-state index contributed by atoms with van der Waals surface area (Å²) in [6.07, 6.45) is 6.89. The number of benzene rings is 1. The smallest absolute Gasteiger partial charge is 0.255 e. The van der Waals surface area contributed by atoms with Gasteiger partial charge in [-0.15, -0.1) is 0 Å². The van der Waals surface area contributed by atoms with Crippen molar-refractivity contribution in [3.05, 3.63) is 63.9 Å². The number of rotatable bonds is 4. The van der Waals surface area contributed by atoms with Gasteiger partial charge in [0, 0.05) is 67.5 Å². The third-order valence-electron chi connectivity index (χ3n) is 7.98. The lowest BCUT2D eigenvalue weighted by molar-refractivity contribution is 0.0568. The summed E-state index contributed by atoms with van der Waals surface area (Å²) in [6, 6.07) is 11.7. The summed E-state index contributed by atoms with van der Waals surface area (Å²) in [7, 11) is 0. The normalized spacial score (nSPS) is 20.4. The van der Waals surface area contributed by atoms with Gasteiger partial charge in [0.15, 0.2) is 0 Å². The molecule has 2 aliphatic heterocycles. The van der Waals surface area contributed by atoms with Crippen LogP contribution in [0.2, 0.25) is 5.02 Å². The van der Waals surface area contributed by atoms with Crippen LogP contribution in [0.1, 0.15) is 76.5 Å². The van der Waals surface area contributed by atoms with Gasteiger partial charge in [0.05, 0.1) is 11.3 Å². The molecule has 5 rings (SSSR count). The molecule has 0 unspecified atom stereocenters. The number of hydrogen-bond donors (Lipinski definition) is 0. The standard InChI is InChI=1S/C28H35ClN4O2/c1-20-9-10-25(28(35)33-17-15-31(16-18-33)24-7-2-3-8-24)26(30-20)21-11-13-32(14-12-21)27(34)22-5-4-6-23(29)19-22/h4-6,9-10,19,21,24H,2-3,7-8,11-18H2,1H3. The summed E-state index contributed by atoms with van der Waals surface area (Å²) in [6.45, 7) is 6.79. The number of amides is 2. The Bertz CT molecular complexity index is 1070. The Labute approximate surface area is 213 Å². The summed E-state index contributed by atoms with van der Waals surface area (Å²) in [5.74, 6) is 0.299. The molecule has 0 N–H and O–H groups in total. The fraction of sp³-hybridized carbons (Fsp3) is 0.536. The molecule has 35 heavy (non-hydrogen) atoms. The number of hydrogen-bond acceptors (Lipinski definition) is 4. The molecule has 1 aromatic carbocycles. The monoisotopic (exact) mass is 494 g/mol. The summed E-state index contributed by atoms with van der Waals surface area (Å²) >= 11 is 6.08. The van der Waals surface area contributed by atoms with Crippen molar-refractivity contribution < 1.29 is 9.59 Å². The SMILES string of the molecule is Cc1ccc(C(=O)N2CCN(C3CCCC3)CC2)c(C2CCN(C(=O)c3cccc(Cl)c3)CC2)n1. The van der Waals surface area contributed by atoms with Crippen LogP contribution in [0.15, 0.2) is 36.4 Å². The Hall–Kier alpha value is -2.44. The van der Waals surface area contributed by atoms with Crippen LogP contribution in [0.5, 0.6) is 0 Å². The summed E-state index contributed by atoms with van der Waals surface area (Å²) < 4.78 is 0. The molecule has 1 saturated carbocycles. The molecule has 2 saturated heterocycles. The van der Waals surface area contributed by atoms with Gasteiger partial charge >= 0.3 is 0 Å². The van der Waals surface area contributed by atoms with Gasteiger partial charge < -0.3 is 9.80 Å². The second-order valence-corrected chi connectivity index (χ2v) is 10.7. The first kappa shape index (κ1) is 24.3. The Morgan fingerprint density at radius 2 is 1.54 bits per heavy atom. The molecule has 186 valence electrons. The minimum atomic E-state index is 0.0135. The molecule has 6 nitrogen and oxygen atoms in total. The van der Waals surface area contributed by atoms with E-state index in [1.807, 2.05) is 41.0 Å². The highest BCUT2D eigenvalue weighted by Crippen LogP contribution is 2.31. The first-order valence-electron chi connectivity index (χ1n) is 13.1. The number of halogens is 1. The van der Waals surface area contributed by atoms with Crippen molar-refractivity contribution in [3.8, 4) is 0 Å². The number of carbonyl (C=O) groups is 2. The van der Waals surface area contributed by atoms with E-state index in [9.17, 15) is 9.59 Å². The van der Waals surface area contributed by atoms with E-state index in [1.165, 1.54) is 25.7 Å². The van der Waals surface area contributed by atoms with Gasteiger partial charge in [0.2, 0.25) is 0 Å². The zero-order chi connectivity index (χ0) is 24.4. The molecule has 3 fully saturated rings. The predicted molar refractivity (Wildman–Crippen MR) is 138 cm³/mol. The second-order valence-electron chi connectivity index (χ2n) is 10.2. The lowest BCUT2D eigenvalue weighted by atomic mass is 9.89. The first-order chi connectivity index (χ1) is 17.0. The number of likely N-dealkylation sites (tertiary alicyclic amines) is 1. The maximum atomic E-state index is 13.6. The van der Waals surface area contributed by atoms with E-state index in [0.717, 1.165) is 56.0 Å². The van der Waals surface area contributed by atoms with Crippen molar-refractivity contribution in [1.82, 2.24) is 19.7 Å². The van der Waals surface area contributed by atoms with Crippen LogP contribution >= 0.6 is 11.6 Å². The summed E-state index contributed by atoms with van der Waals surface area (Å²) in [5, 5.41) is 0.571. The van der Waals surface area contributed by atoms with Gasteiger partial charge in [0.1, 0.15) is 0 Å². The molecule has 1 aliphatic carbocycles. The number of piperazine rings is 1. The number of nitrogens with zero attached hydrogens (tertiary/aromatic N) is 4. The van der Waals surface area contributed by atoms with E-state index in [1.54, 1.807) is 12.1 Å². The van der Waals surface area contributed by atoms with E-state index in [0.29, 0.717) is 29.7 Å². The highest BCUT2D eigenvalue weighted by Gasteiger charge is 2.32. The van der Waals surface area contributed by atoms with Crippen molar-refractivity contribution in [2.45, 2.75) is 57.4 Å². The number of pyridine rings is 1. The van der Waals surface area contributed by atoms with Crippen molar-refractivity contribution in [2.75, 3.05) is 39.3 Å². The van der Waals surface area contributed by atoms with Crippen LogP contribution < -0.4 is 0 Å². The van der Waals surface area contributed by atoms with Gasteiger partial charge in [-0.25, -0.2) is 0 Å². The van der Waals surface area contributed by atoms with Gasteiger partial charge in [-0.2, -0.15) is 0 Å². The largest absolute Gasteiger partial charge is 0.339 e. The molecule has 1 aromatic heterocycles. The van der Waals surface area contributed by atoms with Gasteiger partial charge in [-0.3, -0.25) is 19.5 Å². The van der Waals surface area contributed by atoms with Gasteiger partial charge in [-0.05, 0) is 62.9 Å². The fourth-order valence-electron chi connectivity index (χ4n) is 5.96. The van der Waals surface area contributed by atoms with Gasteiger partial charge in [0.25, 0.3) is 11.8 Å². The molecule has 7 heteroatoms. The van der Waals surface area contributed by atoms with Crippen molar-refractivity contribution in [3.63, 3.8) is 0 Å². The number of carbonyl (C=O) groups excluding carboxylic acids is 2. The van der Waals surface area contributed by atoms with Crippen molar-refractivity contribution in [2.24, 2.45) is 0 Å². The molecule has 0 bridgehead atoms. The van der Waals surface area contributed by atoms with Crippen molar-refractivity contribution in [1.29, 1.82) is 0 Å². The van der Waals surface area contributed by atoms with Crippen LogP contribution in [0, 0.1) is 6.92 Å². The third-order valence-corrected chi connectivity index (χ3v) is 8.21. The summed E-state index contributed by atoms with van der Waals surface area (Å²) in [4.78, 5) is 37.9. The molecular formula is C28H35ClN4O2. The van der Waals surface area contributed by atoms with E-state index in [4.69, 9.17) is 16.6 Å². The van der Waals surface area contributed by atoms with Crippen LogP contribution in [-0.4, -0.2) is 76.8 Å². The highest BCUT2D eigenvalue weighted by molar-refractivity contribution is 6.30. The minimum Gasteiger partial charge on any atom is -0.339 e. The van der Waals surface area contributed by atoms with E-state index in [-0.39, 0.29) is 17.7 Å². The molecule has 2 amide bonds. The van der Waals surface area contributed by atoms with E-state index >= 15 is 0 Å². The number of aryl methyl sites for hydroxylation is 1. The quantitative estimate of drug-likeness (QED) is 0.614. The van der Waals surface area contributed by atoms with Crippen LogP contribution in [0.3, 0.4) is 0 Å². The molecule has 2 aromatic rings. The minimum absolute atomic E-state index is 0.0135. The average Bonchev–Trinajstić information content (AvgIpc) is 3.43. The molecular weight excluding hydrogens is 460 g/mol. The van der Waals surface area contributed by atoms with Gasteiger partial charge in [-0.1, -0.05) is 30.5 Å². The zero-order valence-corrected chi connectivity index (χ0v) is 21.3. The summed E-state index contributed by atoms with van der Waals surface area (Å²) in [5.41, 5.74) is 3.20. The third kappa shape index (κ3) is 5.39. The van der Waals surface area contributed by atoms with Crippen molar-refractivity contribution >= 4 is 23.4 Å². The Kier molecular flexibility index (Phi) is 7.40. The predicted octanol–water partition coefficient (Wildman–Crippen LogP) is 4.76. The lowest BCUT2D eigenvalue weighted by Gasteiger charge is -2.38. The fourth-order valence-corrected chi connectivity index (χ4v) is 6.15. The maximum Gasteiger partial charge on any atom is 0.255 e. The second kappa shape index (κ2) is 10.7. The molecule has 0 atom stereocenters. The maximum absolute atomic E-state index is 13.6. The lowest BCUT2D eigenvalue weighted by Crippen LogP contribution is -2.51. The Morgan fingerprint density at radius 3 is 2.23 bits per heavy atom. The van der Waals surface area contributed by atoms with Crippen LogP contribution in [0.25, 0.3) is 0 Å².